The SMILES string of the molecule is C=C(NCC)C1C=C(c2cc(Cl)c3cccnc3c2N)C(S)CC1. The van der Waals surface area contributed by atoms with Crippen molar-refractivity contribution in [3.63, 3.8) is 0 Å². The summed E-state index contributed by atoms with van der Waals surface area (Å²) in [7, 11) is 0. The van der Waals surface area contributed by atoms with Crippen molar-refractivity contribution in [3.05, 3.63) is 53.3 Å². The normalized spacial score (nSPS) is 20.7. The van der Waals surface area contributed by atoms with E-state index in [0.29, 0.717) is 10.7 Å². The van der Waals surface area contributed by atoms with Crippen LogP contribution in [0.25, 0.3) is 16.5 Å². The fraction of sp³-hybridized carbons (Fsp3) is 0.316. The number of nitrogen functional groups attached to an aromatic ring is 1. The molecule has 1 aliphatic rings. The summed E-state index contributed by atoms with van der Waals surface area (Å²) in [5.74, 6) is 0.279. The van der Waals surface area contributed by atoms with E-state index in [2.05, 4.69) is 29.9 Å². The van der Waals surface area contributed by atoms with Gasteiger partial charge in [-0.3, -0.25) is 4.98 Å². The number of hydrogen-bond donors (Lipinski definition) is 3. The van der Waals surface area contributed by atoms with Gasteiger partial charge >= 0.3 is 0 Å². The second-order valence-corrected chi connectivity index (χ2v) is 7.13. The summed E-state index contributed by atoms with van der Waals surface area (Å²) in [4.78, 5) is 4.41. The number of pyridine rings is 1. The second kappa shape index (κ2) is 7.08. The van der Waals surface area contributed by atoms with Crippen molar-refractivity contribution in [1.82, 2.24) is 10.3 Å². The molecule has 5 heteroatoms. The van der Waals surface area contributed by atoms with E-state index < -0.39 is 0 Å². The van der Waals surface area contributed by atoms with Crippen molar-refractivity contribution in [2.24, 2.45) is 5.92 Å². The highest BCUT2D eigenvalue weighted by Gasteiger charge is 2.25. The molecule has 1 aromatic heterocycles. The van der Waals surface area contributed by atoms with Gasteiger partial charge in [0, 0.05) is 40.6 Å². The molecule has 0 radical (unpaired) electrons. The number of thiol groups is 1. The summed E-state index contributed by atoms with van der Waals surface area (Å²) in [6, 6.07) is 5.74. The molecule has 3 N–H and O–H groups in total. The molecule has 1 aliphatic carbocycles. The zero-order valence-electron chi connectivity index (χ0n) is 13.7. The summed E-state index contributed by atoms with van der Waals surface area (Å²) >= 11 is 11.2. The summed E-state index contributed by atoms with van der Waals surface area (Å²) in [5.41, 5.74) is 10.9. The van der Waals surface area contributed by atoms with Crippen molar-refractivity contribution in [2.75, 3.05) is 12.3 Å². The van der Waals surface area contributed by atoms with Crippen molar-refractivity contribution in [1.29, 1.82) is 0 Å². The minimum Gasteiger partial charge on any atom is -0.396 e. The number of allylic oxidation sites excluding steroid dienone is 1. The summed E-state index contributed by atoms with van der Waals surface area (Å²) < 4.78 is 0. The molecule has 24 heavy (non-hydrogen) atoms. The highest BCUT2D eigenvalue weighted by Crippen LogP contribution is 2.41. The Morgan fingerprint density at radius 3 is 3.04 bits per heavy atom. The average molecular weight is 360 g/mol. The predicted molar refractivity (Wildman–Crippen MR) is 107 cm³/mol. The number of nitrogens with zero attached hydrogens (tertiary/aromatic N) is 1. The van der Waals surface area contributed by atoms with Gasteiger partial charge in [0.05, 0.1) is 16.2 Å². The lowest BCUT2D eigenvalue weighted by molar-refractivity contribution is 0.582. The molecule has 0 aliphatic heterocycles. The van der Waals surface area contributed by atoms with Gasteiger partial charge in [-0.25, -0.2) is 0 Å². The first-order valence-corrected chi connectivity index (χ1v) is 9.07. The molecule has 3 nitrogen and oxygen atoms in total. The molecule has 1 aromatic carbocycles. The maximum absolute atomic E-state index is 6.47. The van der Waals surface area contributed by atoms with Crippen molar-refractivity contribution >= 4 is 46.4 Å². The lowest BCUT2D eigenvalue weighted by atomic mass is 9.84. The third-order valence-corrected chi connectivity index (χ3v) is 5.38. The Hall–Kier alpha value is -1.65. The van der Waals surface area contributed by atoms with E-state index in [1.165, 1.54) is 0 Å². The van der Waals surface area contributed by atoms with Gasteiger partial charge in [0.2, 0.25) is 0 Å². The van der Waals surface area contributed by atoms with Crippen LogP contribution in [0.3, 0.4) is 0 Å². The Labute approximate surface area is 153 Å². The van der Waals surface area contributed by atoms with E-state index in [1.54, 1.807) is 6.20 Å². The van der Waals surface area contributed by atoms with Crippen molar-refractivity contribution in [3.8, 4) is 0 Å². The smallest absolute Gasteiger partial charge is 0.0952 e. The molecule has 2 unspecified atom stereocenters. The van der Waals surface area contributed by atoms with Crippen LogP contribution in [-0.4, -0.2) is 16.8 Å². The Bertz CT molecular complexity index is 816. The first-order valence-electron chi connectivity index (χ1n) is 8.18. The molecular formula is C19H22ClN3S. The summed E-state index contributed by atoms with van der Waals surface area (Å²) in [5, 5.41) is 5.00. The van der Waals surface area contributed by atoms with E-state index in [-0.39, 0.29) is 11.2 Å². The minimum absolute atomic E-state index is 0.134. The molecule has 0 spiro atoms. The number of aromatic nitrogens is 1. The van der Waals surface area contributed by atoms with Crippen molar-refractivity contribution < 1.29 is 0 Å². The van der Waals surface area contributed by atoms with Crippen LogP contribution in [0.5, 0.6) is 0 Å². The average Bonchev–Trinajstić information content (AvgIpc) is 2.59. The number of nitrogens with one attached hydrogen (secondary N) is 1. The maximum atomic E-state index is 6.47. The fourth-order valence-corrected chi connectivity index (χ4v) is 3.90. The Balaban J connectivity index is 2.11. The van der Waals surface area contributed by atoms with Crippen LogP contribution in [0.1, 0.15) is 25.3 Å². The summed E-state index contributed by atoms with van der Waals surface area (Å²) in [6.07, 6.45) is 5.97. The standard InChI is InChI=1S/C19H22ClN3S/c1-3-22-11(2)12-6-7-17(24)14(9-12)15-10-16(20)13-5-4-8-23-19(13)18(15)21/h4-5,8-10,12,17,22,24H,2-3,6-7,21H2,1H3. The van der Waals surface area contributed by atoms with Crippen LogP contribution in [0.15, 0.2) is 42.7 Å². The number of nitrogens with two attached hydrogens (primary N) is 1. The Morgan fingerprint density at radius 2 is 2.29 bits per heavy atom. The van der Waals surface area contributed by atoms with Crippen LogP contribution in [0.2, 0.25) is 5.02 Å². The van der Waals surface area contributed by atoms with E-state index in [9.17, 15) is 0 Å². The monoisotopic (exact) mass is 359 g/mol. The molecule has 0 amide bonds. The number of anilines is 1. The number of hydrogen-bond acceptors (Lipinski definition) is 4. The van der Waals surface area contributed by atoms with Gasteiger partial charge in [0.15, 0.2) is 0 Å². The van der Waals surface area contributed by atoms with Crippen LogP contribution in [0, 0.1) is 5.92 Å². The third kappa shape index (κ3) is 3.13. The highest BCUT2D eigenvalue weighted by atomic mass is 35.5. The summed E-state index contributed by atoms with van der Waals surface area (Å²) in [6.45, 7) is 7.11. The lowest BCUT2D eigenvalue weighted by Crippen LogP contribution is -2.23. The zero-order chi connectivity index (χ0) is 17.3. The number of halogens is 1. The highest BCUT2D eigenvalue weighted by molar-refractivity contribution is 7.81. The van der Waals surface area contributed by atoms with E-state index in [0.717, 1.165) is 47.1 Å². The van der Waals surface area contributed by atoms with Gasteiger partial charge in [-0.15, -0.1) is 0 Å². The largest absolute Gasteiger partial charge is 0.396 e. The van der Waals surface area contributed by atoms with Crippen LogP contribution in [0.4, 0.5) is 5.69 Å². The topological polar surface area (TPSA) is 50.9 Å². The predicted octanol–water partition coefficient (Wildman–Crippen LogP) is 4.69. The van der Waals surface area contributed by atoms with E-state index in [4.69, 9.17) is 30.0 Å². The van der Waals surface area contributed by atoms with E-state index >= 15 is 0 Å². The Morgan fingerprint density at radius 1 is 1.50 bits per heavy atom. The molecule has 2 aromatic rings. The van der Waals surface area contributed by atoms with Gasteiger partial charge in [0.1, 0.15) is 0 Å². The third-order valence-electron chi connectivity index (χ3n) is 4.53. The van der Waals surface area contributed by atoms with Gasteiger partial charge in [-0.1, -0.05) is 24.3 Å². The van der Waals surface area contributed by atoms with Crippen LogP contribution >= 0.6 is 24.2 Å². The van der Waals surface area contributed by atoms with Gasteiger partial charge < -0.3 is 11.1 Å². The van der Waals surface area contributed by atoms with Crippen molar-refractivity contribution in [2.45, 2.75) is 25.0 Å². The van der Waals surface area contributed by atoms with Gasteiger partial charge in [-0.2, -0.15) is 12.6 Å². The number of benzene rings is 1. The first kappa shape index (κ1) is 17.2. The molecule has 0 fully saturated rings. The maximum Gasteiger partial charge on any atom is 0.0952 e. The second-order valence-electron chi connectivity index (χ2n) is 6.10. The molecule has 0 saturated heterocycles. The Kier molecular flexibility index (Phi) is 5.07. The molecule has 0 saturated carbocycles. The van der Waals surface area contributed by atoms with Gasteiger partial charge in [-0.05, 0) is 43.5 Å². The lowest BCUT2D eigenvalue weighted by Gasteiger charge is -2.28. The quantitative estimate of drug-likeness (QED) is 0.548. The molecule has 2 atom stereocenters. The molecule has 1 heterocycles. The fourth-order valence-electron chi connectivity index (χ4n) is 3.27. The first-order chi connectivity index (χ1) is 11.5. The molecule has 0 bridgehead atoms. The van der Waals surface area contributed by atoms with E-state index in [1.807, 2.05) is 18.2 Å². The van der Waals surface area contributed by atoms with Gasteiger partial charge in [0.25, 0.3) is 0 Å². The van der Waals surface area contributed by atoms with Crippen LogP contribution in [-0.2, 0) is 0 Å². The molecule has 3 rings (SSSR count). The zero-order valence-corrected chi connectivity index (χ0v) is 15.4. The molecular weight excluding hydrogens is 338 g/mol. The number of rotatable bonds is 4. The minimum atomic E-state index is 0.134. The molecule has 126 valence electrons. The van der Waals surface area contributed by atoms with Crippen LogP contribution < -0.4 is 11.1 Å². The number of fused-ring (bicyclic) bond motifs is 1.